The Morgan fingerprint density at radius 1 is 1.69 bits per heavy atom. The van der Waals surface area contributed by atoms with Crippen molar-refractivity contribution in [2.75, 3.05) is 18.9 Å². The molecule has 7 nitrogen and oxygen atoms in total. The Hall–Kier alpha value is -1.66. The molecule has 0 unspecified atom stereocenters. The molecule has 0 aliphatic rings. The van der Waals surface area contributed by atoms with Crippen LogP contribution in [0.15, 0.2) is 0 Å². The highest BCUT2D eigenvalue weighted by Crippen LogP contribution is 1.95. The number of aromatic amines is 1. The molecule has 1 aromatic heterocycles. The van der Waals surface area contributed by atoms with Crippen LogP contribution >= 0.6 is 0 Å². The maximum Gasteiger partial charge on any atom is 0.324 e. The molecule has 0 saturated heterocycles. The molecule has 0 bridgehead atoms. The summed E-state index contributed by atoms with van der Waals surface area (Å²) in [6, 6.07) is -0.233. The number of rotatable bonds is 3. The summed E-state index contributed by atoms with van der Waals surface area (Å²) in [5, 5.41) is 15.2. The first-order valence-electron chi connectivity index (χ1n) is 3.99. The van der Waals surface area contributed by atoms with Crippen LogP contribution in [0.1, 0.15) is 13.3 Å². The largest absolute Gasteiger partial charge is 0.328 e. The molecule has 0 atom stereocenters. The van der Waals surface area contributed by atoms with Gasteiger partial charge in [-0.25, -0.2) is 4.79 Å². The molecule has 0 aliphatic carbocycles. The molecule has 0 aliphatic heterocycles. The van der Waals surface area contributed by atoms with Crippen molar-refractivity contribution in [2.24, 2.45) is 0 Å². The molecule has 1 heterocycles. The number of tetrazole rings is 1. The second-order valence-corrected chi connectivity index (χ2v) is 2.59. The maximum atomic E-state index is 11.3. The van der Waals surface area contributed by atoms with E-state index in [0.29, 0.717) is 6.54 Å². The summed E-state index contributed by atoms with van der Waals surface area (Å²) in [7, 11) is 1.71. The number of urea groups is 1. The summed E-state index contributed by atoms with van der Waals surface area (Å²) in [5.74, 6) is 0.188. The van der Waals surface area contributed by atoms with Gasteiger partial charge in [0.2, 0.25) is 0 Å². The van der Waals surface area contributed by atoms with E-state index in [9.17, 15) is 4.79 Å². The lowest BCUT2D eigenvalue weighted by Gasteiger charge is -2.14. The van der Waals surface area contributed by atoms with Crippen LogP contribution < -0.4 is 5.32 Å². The number of carbonyl (C=O) groups is 1. The second-order valence-electron chi connectivity index (χ2n) is 2.59. The van der Waals surface area contributed by atoms with Crippen molar-refractivity contribution in [2.45, 2.75) is 13.3 Å². The Morgan fingerprint density at radius 3 is 3.00 bits per heavy atom. The van der Waals surface area contributed by atoms with Crippen LogP contribution in [-0.4, -0.2) is 45.1 Å². The molecule has 2 N–H and O–H groups in total. The standard InChI is InChI=1S/C6H12N6O/c1-3-4-12(2)6(13)7-5-8-10-11-9-5/h3-4H2,1-2H3,(H2,7,8,9,10,11,13). The number of nitrogens with one attached hydrogen (secondary N) is 2. The molecule has 1 rings (SSSR count). The number of aromatic nitrogens is 4. The van der Waals surface area contributed by atoms with Gasteiger partial charge in [0.05, 0.1) is 0 Å². The maximum absolute atomic E-state index is 11.3. The van der Waals surface area contributed by atoms with Crippen LogP contribution in [-0.2, 0) is 0 Å². The number of hydrogen-bond donors (Lipinski definition) is 2. The molecule has 0 saturated carbocycles. The van der Waals surface area contributed by atoms with Crippen LogP contribution in [0, 0.1) is 0 Å². The van der Waals surface area contributed by atoms with Crippen molar-refractivity contribution < 1.29 is 4.79 Å². The van der Waals surface area contributed by atoms with Gasteiger partial charge in [-0.2, -0.15) is 5.21 Å². The molecule has 1 aromatic rings. The monoisotopic (exact) mass is 184 g/mol. The predicted octanol–water partition coefficient (Wildman–Crippen LogP) is 0.0734. The fraction of sp³-hybridized carbons (Fsp3) is 0.667. The van der Waals surface area contributed by atoms with E-state index in [0.717, 1.165) is 6.42 Å². The first-order chi connectivity index (χ1) is 6.24. The molecule has 7 heteroatoms. The summed E-state index contributed by atoms with van der Waals surface area (Å²) in [4.78, 5) is 12.8. The van der Waals surface area contributed by atoms with Gasteiger partial charge in [0.1, 0.15) is 0 Å². The Labute approximate surface area is 75.5 Å². The molecule has 0 radical (unpaired) electrons. The van der Waals surface area contributed by atoms with E-state index in [1.807, 2.05) is 6.92 Å². The molecular weight excluding hydrogens is 172 g/mol. The third-order valence-electron chi connectivity index (χ3n) is 1.47. The highest BCUT2D eigenvalue weighted by Gasteiger charge is 2.09. The van der Waals surface area contributed by atoms with Crippen molar-refractivity contribution in [3.63, 3.8) is 0 Å². The van der Waals surface area contributed by atoms with Gasteiger partial charge in [0.25, 0.3) is 5.95 Å². The van der Waals surface area contributed by atoms with Crippen molar-refractivity contribution in [1.29, 1.82) is 0 Å². The third kappa shape index (κ3) is 2.69. The second kappa shape index (κ2) is 4.39. The first-order valence-corrected chi connectivity index (χ1v) is 3.99. The van der Waals surface area contributed by atoms with E-state index in [4.69, 9.17) is 0 Å². The summed E-state index contributed by atoms with van der Waals surface area (Å²) in [5.41, 5.74) is 0. The molecule has 13 heavy (non-hydrogen) atoms. The number of amides is 2. The smallest absolute Gasteiger partial charge is 0.324 e. The molecule has 0 spiro atoms. The summed E-state index contributed by atoms with van der Waals surface area (Å²) < 4.78 is 0. The van der Waals surface area contributed by atoms with E-state index < -0.39 is 0 Å². The molecule has 0 fully saturated rings. The zero-order chi connectivity index (χ0) is 9.68. The lowest BCUT2D eigenvalue weighted by atomic mass is 10.4. The Kier molecular flexibility index (Phi) is 3.18. The van der Waals surface area contributed by atoms with Gasteiger partial charge >= 0.3 is 6.03 Å². The Balaban J connectivity index is 2.41. The van der Waals surface area contributed by atoms with Crippen LogP contribution in [0.25, 0.3) is 0 Å². The van der Waals surface area contributed by atoms with Crippen LogP contribution in [0.4, 0.5) is 10.7 Å². The van der Waals surface area contributed by atoms with E-state index in [1.54, 1.807) is 11.9 Å². The van der Waals surface area contributed by atoms with Gasteiger partial charge in [-0.3, -0.25) is 5.32 Å². The summed E-state index contributed by atoms with van der Waals surface area (Å²) in [6.07, 6.45) is 0.913. The Morgan fingerprint density at radius 2 is 2.46 bits per heavy atom. The number of carbonyl (C=O) groups excluding carboxylic acids is 1. The van der Waals surface area contributed by atoms with Gasteiger partial charge < -0.3 is 4.90 Å². The highest BCUT2D eigenvalue weighted by atomic mass is 16.2. The van der Waals surface area contributed by atoms with Gasteiger partial charge in [-0.05, 0) is 11.6 Å². The molecule has 2 amide bonds. The number of hydrogen-bond acceptors (Lipinski definition) is 4. The quantitative estimate of drug-likeness (QED) is 0.696. The topological polar surface area (TPSA) is 86.8 Å². The average molecular weight is 184 g/mol. The van der Waals surface area contributed by atoms with Crippen molar-refractivity contribution in [3.05, 3.63) is 0 Å². The lowest BCUT2D eigenvalue weighted by molar-refractivity contribution is 0.222. The molecule has 72 valence electrons. The van der Waals surface area contributed by atoms with Gasteiger partial charge in [0, 0.05) is 13.6 Å². The minimum Gasteiger partial charge on any atom is -0.328 e. The number of anilines is 1. The van der Waals surface area contributed by atoms with Crippen LogP contribution in [0.2, 0.25) is 0 Å². The zero-order valence-electron chi connectivity index (χ0n) is 7.61. The number of nitrogens with zero attached hydrogens (tertiary/aromatic N) is 4. The SMILES string of the molecule is CCCN(C)C(=O)Nc1nn[nH]n1. The minimum absolute atomic E-state index is 0.188. The fourth-order valence-electron chi connectivity index (χ4n) is 0.843. The normalized spacial score (nSPS) is 9.69. The van der Waals surface area contributed by atoms with Gasteiger partial charge in [-0.1, -0.05) is 12.0 Å². The average Bonchev–Trinajstić information content (AvgIpc) is 2.57. The predicted molar refractivity (Wildman–Crippen MR) is 46.1 cm³/mol. The summed E-state index contributed by atoms with van der Waals surface area (Å²) in [6.45, 7) is 2.70. The molecular formula is C6H12N6O. The van der Waals surface area contributed by atoms with E-state index in [2.05, 4.69) is 25.9 Å². The first kappa shape index (κ1) is 9.43. The van der Waals surface area contributed by atoms with Gasteiger partial charge in [0.15, 0.2) is 0 Å². The third-order valence-corrected chi connectivity index (χ3v) is 1.47. The van der Waals surface area contributed by atoms with Crippen molar-refractivity contribution in [1.82, 2.24) is 25.5 Å². The Bertz CT molecular complexity index is 258. The van der Waals surface area contributed by atoms with E-state index >= 15 is 0 Å². The lowest BCUT2D eigenvalue weighted by Crippen LogP contribution is -2.32. The highest BCUT2D eigenvalue weighted by molar-refractivity contribution is 5.86. The summed E-state index contributed by atoms with van der Waals surface area (Å²) >= 11 is 0. The minimum atomic E-state index is -0.233. The van der Waals surface area contributed by atoms with Crippen LogP contribution in [0.3, 0.4) is 0 Å². The fourth-order valence-corrected chi connectivity index (χ4v) is 0.843. The zero-order valence-corrected chi connectivity index (χ0v) is 7.61. The van der Waals surface area contributed by atoms with E-state index in [-0.39, 0.29) is 12.0 Å². The van der Waals surface area contributed by atoms with Crippen LogP contribution in [0.5, 0.6) is 0 Å². The van der Waals surface area contributed by atoms with E-state index in [1.165, 1.54) is 0 Å². The molecule has 0 aromatic carbocycles. The van der Waals surface area contributed by atoms with Gasteiger partial charge in [-0.15, -0.1) is 5.10 Å². The number of H-pyrrole nitrogens is 1. The van der Waals surface area contributed by atoms with Crippen molar-refractivity contribution in [3.8, 4) is 0 Å². The van der Waals surface area contributed by atoms with Crippen molar-refractivity contribution >= 4 is 12.0 Å².